The van der Waals surface area contributed by atoms with Crippen LogP contribution in [0.25, 0.3) is 0 Å². The standard InChI is InChI=1S/C19H20F3NO2/c1-4-13-11-14(18(24)25-6-3)12-23(17(13)5-2)16-9-7-15(8-10-16)19(20,21)22/h4-5,7-10,14H,1-2,6,11-12H2,3H3. The maximum Gasteiger partial charge on any atom is 0.416 e. The molecule has 1 heterocycles. The van der Waals surface area contributed by atoms with E-state index >= 15 is 0 Å². The van der Waals surface area contributed by atoms with Gasteiger partial charge in [0.1, 0.15) is 0 Å². The van der Waals surface area contributed by atoms with Crippen molar-refractivity contribution in [2.45, 2.75) is 19.5 Å². The fourth-order valence-corrected chi connectivity index (χ4v) is 2.85. The van der Waals surface area contributed by atoms with Crippen molar-refractivity contribution in [3.8, 4) is 0 Å². The van der Waals surface area contributed by atoms with Gasteiger partial charge in [-0.05, 0) is 49.3 Å². The molecule has 6 heteroatoms. The molecule has 134 valence electrons. The van der Waals surface area contributed by atoms with Gasteiger partial charge in [0.2, 0.25) is 0 Å². The molecule has 0 N–H and O–H groups in total. The number of hydrogen-bond acceptors (Lipinski definition) is 3. The Labute approximate surface area is 145 Å². The summed E-state index contributed by atoms with van der Waals surface area (Å²) in [7, 11) is 0. The van der Waals surface area contributed by atoms with Gasteiger partial charge >= 0.3 is 12.1 Å². The topological polar surface area (TPSA) is 29.5 Å². The van der Waals surface area contributed by atoms with Crippen molar-refractivity contribution in [2.75, 3.05) is 18.1 Å². The van der Waals surface area contributed by atoms with Crippen molar-refractivity contribution in [2.24, 2.45) is 5.92 Å². The van der Waals surface area contributed by atoms with E-state index in [1.54, 1.807) is 24.0 Å². The number of benzene rings is 1. The summed E-state index contributed by atoms with van der Waals surface area (Å²) in [5, 5.41) is 0. The number of rotatable bonds is 5. The Balaban J connectivity index is 2.39. The van der Waals surface area contributed by atoms with Crippen molar-refractivity contribution in [1.29, 1.82) is 0 Å². The molecule has 0 fully saturated rings. The number of halogens is 3. The van der Waals surface area contributed by atoms with Gasteiger partial charge in [0, 0.05) is 17.9 Å². The van der Waals surface area contributed by atoms with Crippen LogP contribution in [-0.4, -0.2) is 19.1 Å². The average molecular weight is 351 g/mol. The molecule has 2 rings (SSSR count). The highest BCUT2D eigenvalue weighted by Gasteiger charge is 2.33. The predicted molar refractivity (Wildman–Crippen MR) is 91.0 cm³/mol. The lowest BCUT2D eigenvalue weighted by Gasteiger charge is -2.35. The number of allylic oxidation sites excluding steroid dienone is 3. The van der Waals surface area contributed by atoms with Crippen LogP contribution in [0.5, 0.6) is 0 Å². The summed E-state index contributed by atoms with van der Waals surface area (Å²) in [5.41, 5.74) is 1.37. The Morgan fingerprint density at radius 2 is 1.92 bits per heavy atom. The van der Waals surface area contributed by atoms with Crippen molar-refractivity contribution in [3.05, 3.63) is 66.4 Å². The number of ether oxygens (including phenoxy) is 1. The molecule has 0 saturated carbocycles. The van der Waals surface area contributed by atoms with E-state index in [-0.39, 0.29) is 12.6 Å². The molecule has 1 aromatic carbocycles. The van der Waals surface area contributed by atoms with Gasteiger partial charge in [0.25, 0.3) is 0 Å². The molecule has 0 aliphatic carbocycles. The van der Waals surface area contributed by atoms with Crippen molar-refractivity contribution >= 4 is 11.7 Å². The van der Waals surface area contributed by atoms with Crippen molar-refractivity contribution in [3.63, 3.8) is 0 Å². The predicted octanol–water partition coefficient (Wildman–Crippen LogP) is 4.72. The highest BCUT2D eigenvalue weighted by molar-refractivity contribution is 5.76. The van der Waals surface area contributed by atoms with E-state index in [0.29, 0.717) is 18.7 Å². The minimum absolute atomic E-state index is 0.275. The summed E-state index contributed by atoms with van der Waals surface area (Å²) in [4.78, 5) is 13.9. The number of anilines is 1. The van der Waals surface area contributed by atoms with Gasteiger partial charge in [-0.1, -0.05) is 19.2 Å². The van der Waals surface area contributed by atoms with Crippen LogP contribution in [0.1, 0.15) is 18.9 Å². The van der Waals surface area contributed by atoms with Gasteiger partial charge in [-0.15, -0.1) is 0 Å². The zero-order valence-electron chi connectivity index (χ0n) is 14.0. The molecule has 1 aliphatic heterocycles. The fourth-order valence-electron chi connectivity index (χ4n) is 2.85. The second kappa shape index (κ2) is 7.59. The third-order valence-electron chi connectivity index (χ3n) is 4.06. The summed E-state index contributed by atoms with van der Waals surface area (Å²) < 4.78 is 43.4. The average Bonchev–Trinajstić information content (AvgIpc) is 2.60. The lowest BCUT2D eigenvalue weighted by molar-refractivity contribution is -0.147. The minimum Gasteiger partial charge on any atom is -0.466 e. The monoisotopic (exact) mass is 351 g/mol. The number of alkyl halides is 3. The first-order valence-corrected chi connectivity index (χ1v) is 7.91. The van der Waals surface area contributed by atoms with Crippen LogP contribution in [-0.2, 0) is 15.7 Å². The molecular weight excluding hydrogens is 331 g/mol. The van der Waals surface area contributed by atoms with Crippen molar-refractivity contribution < 1.29 is 22.7 Å². The van der Waals surface area contributed by atoms with Gasteiger partial charge in [-0.25, -0.2) is 0 Å². The van der Waals surface area contributed by atoms with E-state index in [2.05, 4.69) is 13.2 Å². The Hall–Kier alpha value is -2.50. The van der Waals surface area contributed by atoms with Crippen LogP contribution in [0.3, 0.4) is 0 Å². The second-order valence-corrected chi connectivity index (χ2v) is 5.63. The van der Waals surface area contributed by atoms with Gasteiger partial charge in [0.15, 0.2) is 0 Å². The normalized spacial score (nSPS) is 18.1. The first-order valence-electron chi connectivity index (χ1n) is 7.91. The third kappa shape index (κ3) is 4.13. The molecule has 0 bridgehead atoms. The molecule has 0 spiro atoms. The first-order chi connectivity index (χ1) is 11.8. The second-order valence-electron chi connectivity index (χ2n) is 5.63. The number of carbonyl (C=O) groups is 1. The van der Waals surface area contributed by atoms with Crippen LogP contribution >= 0.6 is 0 Å². The molecule has 1 aliphatic rings. The summed E-state index contributed by atoms with van der Waals surface area (Å²) in [6.07, 6.45) is -0.673. The van der Waals surface area contributed by atoms with Gasteiger partial charge in [-0.2, -0.15) is 13.2 Å². The lowest BCUT2D eigenvalue weighted by Crippen LogP contribution is -2.38. The largest absolute Gasteiger partial charge is 0.466 e. The highest BCUT2D eigenvalue weighted by atomic mass is 19.4. The Morgan fingerprint density at radius 1 is 1.28 bits per heavy atom. The molecule has 0 saturated heterocycles. The molecule has 0 aromatic heterocycles. The smallest absolute Gasteiger partial charge is 0.416 e. The van der Waals surface area contributed by atoms with Crippen LogP contribution in [0.2, 0.25) is 0 Å². The maximum absolute atomic E-state index is 12.8. The van der Waals surface area contributed by atoms with E-state index in [1.807, 2.05) is 0 Å². The highest BCUT2D eigenvalue weighted by Crippen LogP contribution is 2.35. The number of nitrogens with zero attached hydrogens (tertiary/aromatic N) is 1. The number of carbonyl (C=O) groups excluding carboxylic acids is 1. The Morgan fingerprint density at radius 3 is 2.40 bits per heavy atom. The first kappa shape index (κ1) is 18.8. The zero-order chi connectivity index (χ0) is 18.6. The summed E-state index contributed by atoms with van der Waals surface area (Å²) >= 11 is 0. The maximum atomic E-state index is 12.8. The fraction of sp³-hybridized carbons (Fsp3) is 0.316. The third-order valence-corrected chi connectivity index (χ3v) is 4.06. The van der Waals surface area contributed by atoms with E-state index in [9.17, 15) is 18.0 Å². The van der Waals surface area contributed by atoms with Crippen LogP contribution in [0.15, 0.2) is 60.8 Å². The summed E-state index contributed by atoms with van der Waals surface area (Å²) in [6, 6.07) is 4.83. The number of hydrogen-bond donors (Lipinski definition) is 0. The quantitative estimate of drug-likeness (QED) is 0.719. The molecule has 1 atom stereocenters. The minimum atomic E-state index is -4.39. The molecule has 0 radical (unpaired) electrons. The van der Waals surface area contributed by atoms with Crippen LogP contribution in [0, 0.1) is 5.92 Å². The van der Waals surface area contributed by atoms with E-state index in [4.69, 9.17) is 4.74 Å². The molecule has 25 heavy (non-hydrogen) atoms. The van der Waals surface area contributed by atoms with Gasteiger partial charge in [-0.3, -0.25) is 4.79 Å². The van der Waals surface area contributed by atoms with Gasteiger partial charge < -0.3 is 9.64 Å². The Kier molecular flexibility index (Phi) is 5.72. The van der Waals surface area contributed by atoms with Crippen molar-refractivity contribution in [1.82, 2.24) is 0 Å². The molecule has 3 nitrogen and oxygen atoms in total. The lowest BCUT2D eigenvalue weighted by atomic mass is 9.91. The van der Waals surface area contributed by atoms with E-state index in [0.717, 1.165) is 23.4 Å². The Bertz CT molecular complexity index is 690. The molecular formula is C19H20F3NO2. The molecule has 1 unspecified atom stereocenters. The van der Waals surface area contributed by atoms with Crippen LogP contribution in [0.4, 0.5) is 18.9 Å². The van der Waals surface area contributed by atoms with Crippen LogP contribution < -0.4 is 4.90 Å². The number of esters is 1. The molecule has 1 aromatic rings. The molecule has 0 amide bonds. The summed E-state index contributed by atoms with van der Waals surface area (Å²) in [6.45, 7) is 9.85. The van der Waals surface area contributed by atoms with E-state index < -0.39 is 17.7 Å². The van der Waals surface area contributed by atoms with Gasteiger partial charge in [0.05, 0.1) is 18.1 Å². The van der Waals surface area contributed by atoms with E-state index in [1.165, 1.54) is 12.1 Å². The summed E-state index contributed by atoms with van der Waals surface area (Å²) in [5.74, 6) is -0.749. The SMILES string of the molecule is C=CC1=C(C=C)N(c2ccc(C(F)(F)F)cc2)CC(C(=O)OCC)C1. The zero-order valence-corrected chi connectivity index (χ0v) is 14.0.